The summed E-state index contributed by atoms with van der Waals surface area (Å²) in [6.45, 7) is -0.686. The largest absolute Gasteiger partial charge is 0.547 e. The normalized spacial score (nSPS) is 18.4. The lowest BCUT2D eigenvalue weighted by Gasteiger charge is -2.29. The van der Waals surface area contributed by atoms with E-state index in [-0.39, 0.29) is 23.8 Å². The Morgan fingerprint density at radius 2 is 1.88 bits per heavy atom. The van der Waals surface area contributed by atoms with Crippen LogP contribution in [0.2, 0.25) is 0 Å². The molecule has 1 amide bonds. The van der Waals surface area contributed by atoms with Crippen LogP contribution in [0.25, 0.3) is 0 Å². The number of amides is 1. The first-order valence-corrected chi connectivity index (χ1v) is 11.0. The number of carbonyl (C=O) groups is 3. The van der Waals surface area contributed by atoms with Crippen molar-refractivity contribution in [1.29, 1.82) is 0 Å². The molecule has 0 radical (unpaired) electrons. The molecule has 13 heteroatoms. The Morgan fingerprint density at radius 1 is 1.15 bits per heavy atom. The summed E-state index contributed by atoms with van der Waals surface area (Å²) in [4.78, 5) is 36.0. The standard InChI is InChI=1S/C21H25BF3NO8/c23-21(24,25)10-9-17(27)26-16-11-13-5-4-8-15(18(13)34-22(16)30)19(28)31-12-32-20(29)33-14-6-2-1-3-7-14/h4-5,8,14,16,30H,1-3,6-7,9-12H2,(H,26,27). The van der Waals surface area contributed by atoms with Gasteiger partial charge in [-0.05, 0) is 43.7 Å². The highest BCUT2D eigenvalue weighted by molar-refractivity contribution is 6.47. The lowest BCUT2D eigenvalue weighted by molar-refractivity contribution is -0.144. The van der Waals surface area contributed by atoms with Crippen molar-refractivity contribution in [3.8, 4) is 5.75 Å². The summed E-state index contributed by atoms with van der Waals surface area (Å²) in [6.07, 6.45) is -3.14. The monoisotopic (exact) mass is 487 g/mol. The third-order valence-corrected chi connectivity index (χ3v) is 5.50. The number of benzene rings is 1. The zero-order valence-corrected chi connectivity index (χ0v) is 18.3. The van der Waals surface area contributed by atoms with Gasteiger partial charge in [0.2, 0.25) is 12.7 Å². The molecule has 3 rings (SSSR count). The van der Waals surface area contributed by atoms with Crippen LogP contribution >= 0.6 is 0 Å². The van der Waals surface area contributed by atoms with E-state index in [1.54, 1.807) is 6.07 Å². The lowest BCUT2D eigenvalue weighted by atomic mass is 9.72. The van der Waals surface area contributed by atoms with E-state index in [2.05, 4.69) is 5.32 Å². The van der Waals surface area contributed by atoms with Crippen LogP contribution in [0.1, 0.15) is 60.9 Å². The third kappa shape index (κ3) is 7.54. The Kier molecular flexibility index (Phi) is 8.64. The van der Waals surface area contributed by atoms with Crippen molar-refractivity contribution in [2.24, 2.45) is 0 Å². The van der Waals surface area contributed by atoms with Crippen LogP contribution in [0.4, 0.5) is 18.0 Å². The molecule has 2 aliphatic rings. The first-order chi connectivity index (χ1) is 16.1. The molecule has 1 aliphatic carbocycles. The van der Waals surface area contributed by atoms with Gasteiger partial charge < -0.3 is 29.2 Å². The Balaban J connectivity index is 1.51. The van der Waals surface area contributed by atoms with Crippen molar-refractivity contribution in [3.05, 3.63) is 29.3 Å². The molecule has 0 spiro atoms. The molecule has 0 bridgehead atoms. The first kappa shape index (κ1) is 25.7. The summed E-state index contributed by atoms with van der Waals surface area (Å²) in [5.74, 6) is -2.77. The predicted molar refractivity (Wildman–Crippen MR) is 111 cm³/mol. The number of para-hydroxylation sites is 1. The van der Waals surface area contributed by atoms with E-state index in [0.717, 1.165) is 32.1 Å². The molecule has 0 saturated heterocycles. The fourth-order valence-electron chi connectivity index (χ4n) is 3.80. The van der Waals surface area contributed by atoms with Crippen molar-refractivity contribution in [2.75, 3.05) is 6.79 Å². The number of fused-ring (bicyclic) bond motifs is 1. The summed E-state index contributed by atoms with van der Waals surface area (Å²) in [5.41, 5.74) is 0.376. The molecule has 1 unspecified atom stereocenters. The number of rotatable bonds is 7. The topological polar surface area (TPSA) is 120 Å². The summed E-state index contributed by atoms with van der Waals surface area (Å²) in [7, 11) is -1.60. The average Bonchev–Trinajstić information content (AvgIpc) is 2.78. The minimum atomic E-state index is -4.47. The molecular formula is C21H25BF3NO8. The number of hydrogen-bond donors (Lipinski definition) is 2. The number of ether oxygens (including phenoxy) is 3. The molecule has 186 valence electrons. The summed E-state index contributed by atoms with van der Waals surface area (Å²) in [5, 5.41) is 12.5. The molecule has 1 fully saturated rings. The highest BCUT2D eigenvalue weighted by Crippen LogP contribution is 2.31. The fourth-order valence-corrected chi connectivity index (χ4v) is 3.80. The molecular weight excluding hydrogens is 462 g/mol. The van der Waals surface area contributed by atoms with Crippen LogP contribution in [-0.4, -0.2) is 55.2 Å². The second kappa shape index (κ2) is 11.5. The Labute approximate surface area is 194 Å². The zero-order valence-electron chi connectivity index (χ0n) is 18.3. The smallest absolute Gasteiger partial charge is 0.534 e. The molecule has 0 aromatic heterocycles. The highest BCUT2D eigenvalue weighted by Gasteiger charge is 2.38. The van der Waals surface area contributed by atoms with Gasteiger partial charge >= 0.3 is 25.4 Å². The van der Waals surface area contributed by atoms with Gasteiger partial charge in [0.15, 0.2) is 0 Å². The molecule has 2 N–H and O–H groups in total. The van der Waals surface area contributed by atoms with E-state index >= 15 is 0 Å². The van der Waals surface area contributed by atoms with Crippen molar-refractivity contribution < 1.29 is 51.4 Å². The number of carbonyl (C=O) groups excluding carboxylic acids is 3. The quantitative estimate of drug-likeness (QED) is 0.342. The number of esters is 1. The maximum absolute atomic E-state index is 12.4. The molecule has 1 aliphatic heterocycles. The van der Waals surface area contributed by atoms with Gasteiger partial charge in [-0.15, -0.1) is 0 Å². The van der Waals surface area contributed by atoms with Gasteiger partial charge in [0.05, 0.1) is 12.4 Å². The summed E-state index contributed by atoms with van der Waals surface area (Å²) >= 11 is 0. The van der Waals surface area contributed by atoms with Crippen LogP contribution in [-0.2, 0) is 25.4 Å². The third-order valence-electron chi connectivity index (χ3n) is 5.50. The SMILES string of the molecule is O=C(CCC(F)(F)F)NC1Cc2cccc(C(=O)OCOC(=O)OC3CCCCC3)c2OB1O. The van der Waals surface area contributed by atoms with E-state index in [0.29, 0.717) is 5.56 Å². The van der Waals surface area contributed by atoms with Gasteiger partial charge in [-0.1, -0.05) is 18.6 Å². The molecule has 1 saturated carbocycles. The maximum atomic E-state index is 12.4. The zero-order chi connectivity index (χ0) is 24.7. The Morgan fingerprint density at radius 3 is 2.59 bits per heavy atom. The minimum absolute atomic E-state index is 0.00516. The molecule has 1 atom stereocenters. The lowest BCUT2D eigenvalue weighted by Crippen LogP contribution is -2.53. The van der Waals surface area contributed by atoms with E-state index < -0.39 is 56.9 Å². The van der Waals surface area contributed by atoms with Crippen molar-refractivity contribution in [2.45, 2.75) is 69.6 Å². The average molecular weight is 487 g/mol. The molecule has 1 aromatic rings. The van der Waals surface area contributed by atoms with E-state index in [1.165, 1.54) is 12.1 Å². The van der Waals surface area contributed by atoms with Crippen molar-refractivity contribution in [3.63, 3.8) is 0 Å². The predicted octanol–water partition coefficient (Wildman–Crippen LogP) is 3.07. The molecule has 9 nitrogen and oxygen atoms in total. The number of nitrogens with one attached hydrogen (secondary N) is 1. The highest BCUT2D eigenvalue weighted by atomic mass is 19.4. The molecule has 1 aromatic carbocycles. The number of alkyl halides is 3. The first-order valence-electron chi connectivity index (χ1n) is 11.0. The van der Waals surface area contributed by atoms with E-state index in [9.17, 15) is 32.6 Å². The Hall–Kier alpha value is -2.96. The van der Waals surface area contributed by atoms with Crippen molar-refractivity contribution >= 4 is 25.2 Å². The summed E-state index contributed by atoms with van der Waals surface area (Å²) < 4.78 is 57.1. The molecule has 1 heterocycles. The summed E-state index contributed by atoms with van der Waals surface area (Å²) in [6, 6.07) is 4.46. The van der Waals surface area contributed by atoms with Crippen molar-refractivity contribution in [1.82, 2.24) is 5.32 Å². The Bertz CT molecular complexity index is 891. The van der Waals surface area contributed by atoms with Crippen LogP contribution in [0.3, 0.4) is 0 Å². The van der Waals surface area contributed by atoms with Gasteiger partial charge in [-0.25, -0.2) is 9.59 Å². The van der Waals surface area contributed by atoms with E-state index in [1.807, 2.05) is 0 Å². The van der Waals surface area contributed by atoms with Gasteiger partial charge in [0.25, 0.3) is 0 Å². The number of halogens is 3. The number of hydrogen-bond acceptors (Lipinski definition) is 8. The fraction of sp³-hybridized carbons (Fsp3) is 0.571. The van der Waals surface area contributed by atoms with Crippen LogP contribution in [0, 0.1) is 0 Å². The van der Waals surface area contributed by atoms with Gasteiger partial charge in [0.1, 0.15) is 17.4 Å². The van der Waals surface area contributed by atoms with Crippen LogP contribution < -0.4 is 9.97 Å². The maximum Gasteiger partial charge on any atom is 0.547 e. The van der Waals surface area contributed by atoms with Gasteiger partial charge in [0, 0.05) is 6.42 Å². The molecule has 34 heavy (non-hydrogen) atoms. The van der Waals surface area contributed by atoms with E-state index in [4.69, 9.17) is 18.9 Å². The van der Waals surface area contributed by atoms with Crippen LogP contribution in [0.15, 0.2) is 18.2 Å². The van der Waals surface area contributed by atoms with Crippen LogP contribution in [0.5, 0.6) is 5.75 Å². The minimum Gasteiger partial charge on any atom is -0.534 e. The second-order valence-corrected chi connectivity index (χ2v) is 8.12. The van der Waals surface area contributed by atoms with Gasteiger partial charge in [-0.2, -0.15) is 13.2 Å². The van der Waals surface area contributed by atoms with Gasteiger partial charge in [-0.3, -0.25) is 4.79 Å². The second-order valence-electron chi connectivity index (χ2n) is 8.12.